The first kappa shape index (κ1) is 20.2. The van der Waals surface area contributed by atoms with E-state index in [4.69, 9.17) is 4.74 Å². The summed E-state index contributed by atoms with van der Waals surface area (Å²) in [7, 11) is 0. The molecule has 0 radical (unpaired) electrons. The van der Waals surface area contributed by atoms with E-state index in [-0.39, 0.29) is 6.61 Å². The van der Waals surface area contributed by atoms with Crippen LogP contribution in [0.4, 0.5) is 4.79 Å². The van der Waals surface area contributed by atoms with Gasteiger partial charge in [-0.1, -0.05) is 66.7 Å². The van der Waals surface area contributed by atoms with Crippen molar-refractivity contribution in [1.29, 1.82) is 0 Å². The minimum atomic E-state index is -0.910. The number of benzene rings is 2. The predicted molar refractivity (Wildman–Crippen MR) is 105 cm³/mol. The molecular formula is C22H25NO4. The van der Waals surface area contributed by atoms with E-state index < -0.39 is 17.5 Å². The van der Waals surface area contributed by atoms with Gasteiger partial charge < -0.3 is 15.2 Å². The first-order valence-corrected chi connectivity index (χ1v) is 8.84. The predicted octanol–water partition coefficient (Wildman–Crippen LogP) is 4.38. The lowest BCUT2D eigenvalue weighted by Gasteiger charge is -2.19. The molecule has 0 bridgehead atoms. The molecule has 0 saturated carbocycles. The summed E-state index contributed by atoms with van der Waals surface area (Å²) < 4.78 is 5.14. The molecule has 2 aromatic carbocycles. The highest BCUT2D eigenvalue weighted by atomic mass is 16.5. The van der Waals surface area contributed by atoms with Crippen molar-refractivity contribution < 1.29 is 19.4 Å². The molecule has 0 aliphatic heterocycles. The molecule has 0 unspecified atom stereocenters. The number of nitrogens with one attached hydrogen (secondary N) is 1. The molecule has 0 aliphatic carbocycles. The summed E-state index contributed by atoms with van der Waals surface area (Å²) in [6.45, 7) is 4.10. The maximum atomic E-state index is 11.6. The molecule has 0 spiro atoms. The fraction of sp³-hybridized carbons (Fsp3) is 0.273. The summed E-state index contributed by atoms with van der Waals surface area (Å²) in [5, 5.41) is 12.0. The summed E-state index contributed by atoms with van der Waals surface area (Å²) >= 11 is 0. The number of carboxylic acid groups (broad SMARTS) is 1. The molecule has 0 heterocycles. The van der Waals surface area contributed by atoms with E-state index in [0.29, 0.717) is 13.0 Å². The van der Waals surface area contributed by atoms with Crippen molar-refractivity contribution in [2.75, 3.05) is 6.54 Å². The number of amides is 1. The number of carboxylic acids is 1. The van der Waals surface area contributed by atoms with Crippen LogP contribution in [0.15, 0.2) is 60.7 Å². The van der Waals surface area contributed by atoms with Crippen LogP contribution < -0.4 is 5.32 Å². The van der Waals surface area contributed by atoms with Gasteiger partial charge in [-0.3, -0.25) is 4.79 Å². The van der Waals surface area contributed by atoms with Crippen molar-refractivity contribution in [1.82, 2.24) is 5.32 Å². The Bertz CT molecular complexity index is 780. The van der Waals surface area contributed by atoms with E-state index >= 15 is 0 Å². The van der Waals surface area contributed by atoms with Crippen molar-refractivity contribution in [3.05, 3.63) is 77.4 Å². The van der Waals surface area contributed by atoms with Crippen LogP contribution in [0.25, 0.3) is 6.08 Å². The molecule has 0 aliphatic rings. The molecular weight excluding hydrogens is 342 g/mol. The van der Waals surface area contributed by atoms with Crippen molar-refractivity contribution in [2.24, 2.45) is 0 Å². The third-order valence-corrected chi connectivity index (χ3v) is 4.27. The second kappa shape index (κ2) is 9.57. The molecule has 2 aromatic rings. The molecule has 142 valence electrons. The molecule has 5 heteroatoms. The second-order valence-electron chi connectivity index (χ2n) is 6.73. The summed E-state index contributed by atoms with van der Waals surface area (Å²) in [4.78, 5) is 22.9. The molecule has 27 heavy (non-hydrogen) atoms. The van der Waals surface area contributed by atoms with E-state index in [1.165, 1.54) is 0 Å². The minimum absolute atomic E-state index is 0.252. The highest BCUT2D eigenvalue weighted by Gasteiger charge is 2.28. The smallest absolute Gasteiger partial charge is 0.407 e. The average molecular weight is 367 g/mol. The van der Waals surface area contributed by atoms with Gasteiger partial charge in [0.15, 0.2) is 0 Å². The van der Waals surface area contributed by atoms with Crippen LogP contribution in [0, 0.1) is 0 Å². The SMILES string of the molecule is CC(C)(C(=O)O)c1ccc(C=CCCNC(=O)OCc2ccccc2)cc1. The maximum Gasteiger partial charge on any atom is 0.407 e. The standard InChI is InChI=1S/C22H25NO4/c1-22(2,20(24)25)19-13-11-17(12-14-19)8-6-7-15-23-21(26)27-16-18-9-4-3-5-10-18/h3-6,8-14H,7,15-16H2,1-2H3,(H,23,26)(H,24,25). The first-order valence-electron chi connectivity index (χ1n) is 8.84. The van der Waals surface area contributed by atoms with Gasteiger partial charge in [0.1, 0.15) is 6.61 Å². The fourth-order valence-corrected chi connectivity index (χ4v) is 2.39. The first-order chi connectivity index (χ1) is 12.9. The maximum absolute atomic E-state index is 11.6. The normalized spacial score (nSPS) is 11.3. The minimum Gasteiger partial charge on any atom is -0.481 e. The van der Waals surface area contributed by atoms with Crippen LogP contribution in [0.3, 0.4) is 0 Å². The monoisotopic (exact) mass is 367 g/mol. The van der Waals surface area contributed by atoms with Crippen molar-refractivity contribution in [2.45, 2.75) is 32.3 Å². The third-order valence-electron chi connectivity index (χ3n) is 4.27. The van der Waals surface area contributed by atoms with Crippen molar-refractivity contribution in [3.8, 4) is 0 Å². The molecule has 2 N–H and O–H groups in total. The summed E-state index contributed by atoms with van der Waals surface area (Å²) in [5.74, 6) is -0.851. The zero-order chi connectivity index (χ0) is 19.7. The second-order valence-corrected chi connectivity index (χ2v) is 6.73. The van der Waals surface area contributed by atoms with Crippen molar-refractivity contribution >= 4 is 18.1 Å². The highest BCUT2D eigenvalue weighted by molar-refractivity contribution is 5.80. The number of hydrogen-bond acceptors (Lipinski definition) is 3. The van der Waals surface area contributed by atoms with E-state index in [1.54, 1.807) is 13.8 Å². The lowest BCUT2D eigenvalue weighted by Crippen LogP contribution is -2.28. The Balaban J connectivity index is 1.71. The molecule has 0 saturated heterocycles. The Morgan fingerprint density at radius 2 is 1.74 bits per heavy atom. The number of rotatable bonds is 8. The van der Waals surface area contributed by atoms with E-state index in [1.807, 2.05) is 66.7 Å². The molecule has 1 amide bonds. The lowest BCUT2D eigenvalue weighted by molar-refractivity contribution is -0.142. The Kier molecular flexibility index (Phi) is 7.17. The Hall–Kier alpha value is -3.08. The van der Waals surface area contributed by atoms with Gasteiger partial charge in [0.25, 0.3) is 0 Å². The average Bonchev–Trinajstić information content (AvgIpc) is 2.67. The number of carbonyl (C=O) groups is 2. The molecule has 0 aromatic heterocycles. The highest BCUT2D eigenvalue weighted by Crippen LogP contribution is 2.23. The fourth-order valence-electron chi connectivity index (χ4n) is 2.39. The van der Waals surface area contributed by atoms with E-state index in [2.05, 4.69) is 5.32 Å². The summed E-state index contributed by atoms with van der Waals surface area (Å²) in [6, 6.07) is 16.9. The molecule has 5 nitrogen and oxygen atoms in total. The topological polar surface area (TPSA) is 75.6 Å². The van der Waals surface area contributed by atoms with Gasteiger partial charge in [0.2, 0.25) is 0 Å². The number of ether oxygens (including phenoxy) is 1. The van der Waals surface area contributed by atoms with E-state index in [9.17, 15) is 14.7 Å². The quantitative estimate of drug-likeness (QED) is 0.679. The van der Waals surface area contributed by atoms with Gasteiger partial charge in [0.05, 0.1) is 5.41 Å². The van der Waals surface area contributed by atoms with Gasteiger partial charge in [-0.2, -0.15) is 0 Å². The number of carbonyl (C=O) groups excluding carboxylic acids is 1. The van der Waals surface area contributed by atoms with E-state index in [0.717, 1.165) is 16.7 Å². The Labute approximate surface area is 159 Å². The summed E-state index contributed by atoms with van der Waals surface area (Å²) in [6.07, 6.45) is 4.12. The zero-order valence-corrected chi connectivity index (χ0v) is 15.6. The van der Waals surface area contributed by atoms with Gasteiger partial charge >= 0.3 is 12.1 Å². The number of hydrogen-bond donors (Lipinski definition) is 2. The Morgan fingerprint density at radius 1 is 1.07 bits per heavy atom. The molecule has 0 fully saturated rings. The van der Waals surface area contributed by atoms with Crippen LogP contribution in [0.5, 0.6) is 0 Å². The Morgan fingerprint density at radius 3 is 2.37 bits per heavy atom. The van der Waals surface area contributed by atoms with Crippen molar-refractivity contribution in [3.63, 3.8) is 0 Å². The van der Waals surface area contributed by atoms with Crippen LogP contribution in [0.2, 0.25) is 0 Å². The van der Waals surface area contributed by atoms with Crippen LogP contribution in [0.1, 0.15) is 37.0 Å². The van der Waals surface area contributed by atoms with Crippen LogP contribution in [-0.2, 0) is 21.6 Å². The number of aliphatic carboxylic acids is 1. The third kappa shape index (κ3) is 6.29. The lowest BCUT2D eigenvalue weighted by atomic mass is 9.84. The van der Waals surface area contributed by atoms with Gasteiger partial charge in [0, 0.05) is 6.54 Å². The molecule has 0 atom stereocenters. The van der Waals surface area contributed by atoms with Gasteiger partial charge in [-0.25, -0.2) is 4.79 Å². The molecule has 2 rings (SSSR count). The number of alkyl carbamates (subject to hydrolysis) is 1. The van der Waals surface area contributed by atoms with Gasteiger partial charge in [-0.15, -0.1) is 0 Å². The largest absolute Gasteiger partial charge is 0.481 e. The van der Waals surface area contributed by atoms with Crippen LogP contribution >= 0.6 is 0 Å². The van der Waals surface area contributed by atoms with Gasteiger partial charge in [-0.05, 0) is 37.0 Å². The zero-order valence-electron chi connectivity index (χ0n) is 15.6. The van der Waals surface area contributed by atoms with Crippen LogP contribution in [-0.4, -0.2) is 23.7 Å². The summed E-state index contributed by atoms with van der Waals surface area (Å²) in [5.41, 5.74) is 1.77.